The largest absolute Gasteiger partial charge is 0.369 e. The van der Waals surface area contributed by atoms with Crippen molar-refractivity contribution in [2.24, 2.45) is 0 Å². The number of para-hydroxylation sites is 1. The highest BCUT2D eigenvalue weighted by atomic mass is 35.5. The summed E-state index contributed by atoms with van der Waals surface area (Å²) >= 11 is 6.67. The molecule has 0 aliphatic carbocycles. The van der Waals surface area contributed by atoms with Crippen molar-refractivity contribution in [1.29, 1.82) is 0 Å². The summed E-state index contributed by atoms with van der Waals surface area (Å²) in [5.41, 5.74) is 1.48. The van der Waals surface area contributed by atoms with E-state index < -0.39 is 6.04 Å². The van der Waals surface area contributed by atoms with Gasteiger partial charge in [-0.25, -0.2) is 0 Å². The van der Waals surface area contributed by atoms with Gasteiger partial charge in [0.1, 0.15) is 0 Å². The molecule has 1 fully saturated rings. The number of piperazine rings is 1. The Morgan fingerprint density at radius 1 is 0.964 bits per heavy atom. The molecule has 5 nitrogen and oxygen atoms in total. The number of alkyl halides is 1. The molecule has 1 aliphatic rings. The Bertz CT molecular complexity index is 777. The normalized spacial score (nSPS) is 17.0. The lowest BCUT2D eigenvalue weighted by molar-refractivity contribution is -0.119. The summed E-state index contributed by atoms with van der Waals surface area (Å²) in [5, 5.41) is 2.77. The number of amides is 1. The lowest BCUT2D eigenvalue weighted by Gasteiger charge is -2.39. The summed E-state index contributed by atoms with van der Waals surface area (Å²) in [6.07, 6.45) is 0.375. The van der Waals surface area contributed by atoms with Crippen LogP contribution in [0.15, 0.2) is 60.7 Å². The number of nitrogens with zero attached hydrogens (tertiary/aromatic N) is 2. The van der Waals surface area contributed by atoms with Crippen LogP contribution in [-0.4, -0.2) is 54.3 Å². The molecule has 2 aromatic carbocycles. The number of anilines is 1. The van der Waals surface area contributed by atoms with Crippen LogP contribution in [0.1, 0.15) is 23.7 Å². The van der Waals surface area contributed by atoms with Crippen LogP contribution in [0, 0.1) is 0 Å². The Balaban J connectivity index is 1.60. The molecule has 1 N–H and O–H groups in total. The molecule has 0 bridgehead atoms. The van der Waals surface area contributed by atoms with Gasteiger partial charge in [0.2, 0.25) is 5.91 Å². The summed E-state index contributed by atoms with van der Waals surface area (Å²) in [7, 11) is 0. The van der Waals surface area contributed by atoms with Gasteiger partial charge in [0.15, 0.2) is 5.78 Å². The van der Waals surface area contributed by atoms with Gasteiger partial charge in [-0.3, -0.25) is 14.5 Å². The van der Waals surface area contributed by atoms with E-state index in [0.717, 1.165) is 26.2 Å². The first-order valence-corrected chi connectivity index (χ1v) is 10.0. The Hall–Kier alpha value is -2.37. The number of hydrogen-bond acceptors (Lipinski definition) is 4. The summed E-state index contributed by atoms with van der Waals surface area (Å²) < 4.78 is 0. The Kier molecular flexibility index (Phi) is 7.06. The van der Waals surface area contributed by atoms with Crippen molar-refractivity contribution in [2.45, 2.75) is 24.9 Å². The Morgan fingerprint density at radius 3 is 2.11 bits per heavy atom. The predicted molar refractivity (Wildman–Crippen MR) is 113 cm³/mol. The van der Waals surface area contributed by atoms with Gasteiger partial charge in [0, 0.05) is 50.8 Å². The average Bonchev–Trinajstić information content (AvgIpc) is 2.74. The van der Waals surface area contributed by atoms with E-state index in [1.54, 1.807) is 12.1 Å². The van der Waals surface area contributed by atoms with E-state index in [9.17, 15) is 9.59 Å². The van der Waals surface area contributed by atoms with Crippen LogP contribution in [0.5, 0.6) is 0 Å². The molecule has 1 amide bonds. The first kappa shape index (κ1) is 20.4. The maximum atomic E-state index is 12.8. The standard InChI is InChI=1S/C22H26ClN3O2/c1-17(27)24-20(22(28)18-8-4-2-5-9-18)16-21(23)26-14-12-25(13-15-26)19-10-6-3-7-11-19/h2-11,20-21H,12-16H2,1H3,(H,24,27). The number of hydrogen-bond donors (Lipinski definition) is 1. The monoisotopic (exact) mass is 399 g/mol. The number of benzene rings is 2. The molecule has 0 aromatic heterocycles. The van der Waals surface area contributed by atoms with Crippen molar-refractivity contribution < 1.29 is 9.59 Å². The highest BCUT2D eigenvalue weighted by Gasteiger charge is 2.29. The average molecular weight is 400 g/mol. The first-order valence-electron chi connectivity index (χ1n) is 9.59. The molecule has 0 spiro atoms. The smallest absolute Gasteiger partial charge is 0.217 e. The fourth-order valence-corrected chi connectivity index (χ4v) is 3.90. The third-order valence-corrected chi connectivity index (χ3v) is 5.47. The van der Waals surface area contributed by atoms with E-state index in [0.29, 0.717) is 12.0 Å². The van der Waals surface area contributed by atoms with E-state index in [1.807, 2.05) is 36.4 Å². The fourth-order valence-electron chi connectivity index (χ4n) is 3.52. The van der Waals surface area contributed by atoms with Crippen LogP contribution in [0.25, 0.3) is 0 Å². The number of carbonyl (C=O) groups excluding carboxylic acids is 2. The van der Waals surface area contributed by atoms with Crippen LogP contribution in [0.3, 0.4) is 0 Å². The minimum atomic E-state index is -0.630. The van der Waals surface area contributed by atoms with Gasteiger partial charge in [-0.1, -0.05) is 48.5 Å². The van der Waals surface area contributed by atoms with Crippen LogP contribution in [0.4, 0.5) is 5.69 Å². The lowest BCUT2D eigenvalue weighted by atomic mass is 10.0. The second-order valence-electron chi connectivity index (χ2n) is 7.01. The van der Waals surface area contributed by atoms with Gasteiger partial charge in [-0.2, -0.15) is 0 Å². The predicted octanol–water partition coefficient (Wildman–Crippen LogP) is 3.15. The van der Waals surface area contributed by atoms with Gasteiger partial charge in [-0.05, 0) is 12.1 Å². The van der Waals surface area contributed by atoms with Crippen molar-refractivity contribution in [3.05, 3.63) is 66.2 Å². The van der Waals surface area contributed by atoms with Gasteiger partial charge in [0.25, 0.3) is 0 Å². The van der Waals surface area contributed by atoms with Crippen LogP contribution in [-0.2, 0) is 4.79 Å². The third-order valence-electron chi connectivity index (χ3n) is 5.01. The summed E-state index contributed by atoms with van der Waals surface area (Å²) in [5.74, 6) is -0.337. The van der Waals surface area contributed by atoms with E-state index >= 15 is 0 Å². The van der Waals surface area contributed by atoms with Gasteiger partial charge < -0.3 is 10.2 Å². The highest BCUT2D eigenvalue weighted by Crippen LogP contribution is 2.20. The highest BCUT2D eigenvalue weighted by molar-refractivity contribution is 6.20. The van der Waals surface area contributed by atoms with E-state index in [1.165, 1.54) is 12.6 Å². The molecule has 1 aliphatic heterocycles. The van der Waals surface area contributed by atoms with E-state index in [4.69, 9.17) is 11.6 Å². The number of carbonyl (C=O) groups is 2. The number of rotatable bonds is 7. The summed E-state index contributed by atoms with van der Waals surface area (Å²) in [6, 6.07) is 18.7. The minimum absolute atomic E-state index is 0.107. The van der Waals surface area contributed by atoms with Gasteiger partial charge in [-0.15, -0.1) is 11.6 Å². The topological polar surface area (TPSA) is 52.7 Å². The second kappa shape index (κ2) is 9.71. The Labute approximate surface area is 171 Å². The quantitative estimate of drug-likeness (QED) is 0.441. The zero-order valence-electron chi connectivity index (χ0n) is 16.1. The number of nitrogens with one attached hydrogen (secondary N) is 1. The fraction of sp³-hybridized carbons (Fsp3) is 0.364. The van der Waals surface area contributed by atoms with E-state index in [-0.39, 0.29) is 17.2 Å². The molecular formula is C22H26ClN3O2. The van der Waals surface area contributed by atoms with Crippen molar-refractivity contribution in [2.75, 3.05) is 31.1 Å². The molecule has 2 unspecified atom stereocenters. The SMILES string of the molecule is CC(=O)NC(CC(Cl)N1CCN(c2ccccc2)CC1)C(=O)c1ccccc1. The maximum absolute atomic E-state index is 12.8. The lowest BCUT2D eigenvalue weighted by Crippen LogP contribution is -2.51. The number of halogens is 1. The minimum Gasteiger partial charge on any atom is -0.369 e. The molecule has 0 saturated carbocycles. The second-order valence-corrected chi connectivity index (χ2v) is 7.52. The van der Waals surface area contributed by atoms with Crippen molar-refractivity contribution >= 4 is 29.0 Å². The number of ketones is 1. The summed E-state index contributed by atoms with van der Waals surface area (Å²) in [4.78, 5) is 29.0. The zero-order chi connectivity index (χ0) is 19.9. The molecule has 28 heavy (non-hydrogen) atoms. The molecule has 2 atom stereocenters. The molecule has 1 heterocycles. The van der Waals surface area contributed by atoms with Crippen LogP contribution < -0.4 is 10.2 Å². The first-order chi connectivity index (χ1) is 13.5. The van der Waals surface area contributed by atoms with Crippen molar-refractivity contribution in [1.82, 2.24) is 10.2 Å². The Morgan fingerprint density at radius 2 is 1.54 bits per heavy atom. The van der Waals surface area contributed by atoms with Crippen LogP contribution in [0.2, 0.25) is 0 Å². The molecule has 1 saturated heterocycles. The zero-order valence-corrected chi connectivity index (χ0v) is 16.8. The molecule has 148 valence electrons. The van der Waals surface area contributed by atoms with Crippen LogP contribution >= 0.6 is 11.6 Å². The van der Waals surface area contributed by atoms with Crippen molar-refractivity contribution in [3.8, 4) is 0 Å². The third kappa shape index (κ3) is 5.33. The maximum Gasteiger partial charge on any atom is 0.217 e. The number of Topliss-reactive ketones (excluding diaryl/α,β-unsaturated/α-hetero) is 1. The molecule has 6 heteroatoms. The molecule has 0 radical (unpaired) electrons. The molecule has 3 rings (SSSR count). The molecular weight excluding hydrogens is 374 g/mol. The van der Waals surface area contributed by atoms with Gasteiger partial charge in [0.05, 0.1) is 11.5 Å². The van der Waals surface area contributed by atoms with E-state index in [2.05, 4.69) is 27.2 Å². The summed E-state index contributed by atoms with van der Waals surface area (Å²) in [6.45, 7) is 4.81. The molecule has 2 aromatic rings. The van der Waals surface area contributed by atoms with Crippen molar-refractivity contribution in [3.63, 3.8) is 0 Å². The van der Waals surface area contributed by atoms with Gasteiger partial charge >= 0.3 is 0 Å².